The molecule has 0 aliphatic carbocycles. The number of anilines is 2. The van der Waals surface area contributed by atoms with Crippen LogP contribution >= 0.6 is 11.6 Å². The normalized spacial score (nSPS) is 10.8. The van der Waals surface area contributed by atoms with Crippen molar-refractivity contribution >= 4 is 34.0 Å². The highest BCUT2D eigenvalue weighted by Crippen LogP contribution is 2.24. The standard InChI is InChI=1S/C18H17ClN2/c1-3-13-4-5-14-10-12(2)18(21-17(14)11-13)20-16-8-6-15(19)7-9-16/h4-11H,3H2,1-2H3,(H,20,21). The maximum absolute atomic E-state index is 5.91. The largest absolute Gasteiger partial charge is 0.340 e. The van der Waals surface area contributed by atoms with Crippen LogP contribution in [0.4, 0.5) is 11.5 Å². The predicted molar refractivity (Wildman–Crippen MR) is 90.6 cm³/mol. The molecule has 0 aliphatic heterocycles. The lowest BCUT2D eigenvalue weighted by atomic mass is 10.1. The maximum Gasteiger partial charge on any atom is 0.134 e. The third-order valence-electron chi connectivity index (χ3n) is 3.59. The summed E-state index contributed by atoms with van der Waals surface area (Å²) in [4.78, 5) is 4.76. The van der Waals surface area contributed by atoms with Gasteiger partial charge >= 0.3 is 0 Å². The predicted octanol–water partition coefficient (Wildman–Crippen LogP) is 5.50. The van der Waals surface area contributed by atoms with Gasteiger partial charge in [-0.3, -0.25) is 0 Å². The summed E-state index contributed by atoms with van der Waals surface area (Å²) in [6.45, 7) is 4.22. The molecule has 0 unspecified atom stereocenters. The summed E-state index contributed by atoms with van der Waals surface area (Å²) in [5.74, 6) is 0.887. The molecule has 2 aromatic carbocycles. The molecule has 1 heterocycles. The number of nitrogens with zero attached hydrogens (tertiary/aromatic N) is 1. The molecule has 2 nitrogen and oxygen atoms in total. The molecule has 0 atom stereocenters. The molecule has 0 saturated carbocycles. The van der Waals surface area contributed by atoms with Gasteiger partial charge in [-0.05, 0) is 60.9 Å². The number of rotatable bonds is 3. The molecule has 3 rings (SSSR count). The van der Waals surface area contributed by atoms with Crippen molar-refractivity contribution in [3.8, 4) is 0 Å². The second-order valence-electron chi connectivity index (χ2n) is 5.17. The molecule has 1 N–H and O–H groups in total. The van der Waals surface area contributed by atoms with Gasteiger partial charge in [-0.25, -0.2) is 4.98 Å². The fourth-order valence-electron chi connectivity index (χ4n) is 2.33. The number of nitrogens with one attached hydrogen (secondary N) is 1. The molecule has 0 radical (unpaired) electrons. The van der Waals surface area contributed by atoms with E-state index in [1.54, 1.807) is 0 Å². The van der Waals surface area contributed by atoms with E-state index in [4.69, 9.17) is 16.6 Å². The van der Waals surface area contributed by atoms with Gasteiger partial charge < -0.3 is 5.32 Å². The van der Waals surface area contributed by atoms with Gasteiger partial charge in [0.15, 0.2) is 0 Å². The van der Waals surface area contributed by atoms with Crippen molar-refractivity contribution < 1.29 is 0 Å². The van der Waals surface area contributed by atoms with Crippen molar-refractivity contribution in [1.82, 2.24) is 4.98 Å². The highest BCUT2D eigenvalue weighted by Gasteiger charge is 2.05. The number of fused-ring (bicyclic) bond motifs is 1. The van der Waals surface area contributed by atoms with Crippen molar-refractivity contribution in [2.24, 2.45) is 0 Å². The summed E-state index contributed by atoms with van der Waals surface area (Å²) in [6.07, 6.45) is 1.02. The number of aromatic nitrogens is 1. The third kappa shape index (κ3) is 3.01. The summed E-state index contributed by atoms with van der Waals surface area (Å²) < 4.78 is 0. The minimum absolute atomic E-state index is 0.733. The zero-order valence-corrected chi connectivity index (χ0v) is 12.9. The first kappa shape index (κ1) is 13.9. The van der Waals surface area contributed by atoms with E-state index in [0.29, 0.717) is 0 Å². The van der Waals surface area contributed by atoms with E-state index in [2.05, 4.69) is 43.4 Å². The Morgan fingerprint density at radius 2 is 1.81 bits per heavy atom. The lowest BCUT2D eigenvalue weighted by Crippen LogP contribution is -1.97. The molecule has 1 aromatic heterocycles. The SMILES string of the molecule is CCc1ccc2cc(C)c(Nc3ccc(Cl)cc3)nc2c1. The minimum atomic E-state index is 0.733. The van der Waals surface area contributed by atoms with Crippen LogP contribution in [0.3, 0.4) is 0 Å². The van der Waals surface area contributed by atoms with Crippen LogP contribution in [0.25, 0.3) is 10.9 Å². The number of benzene rings is 2. The van der Waals surface area contributed by atoms with Gasteiger partial charge in [-0.1, -0.05) is 30.7 Å². The Kier molecular flexibility index (Phi) is 3.80. The minimum Gasteiger partial charge on any atom is -0.340 e. The van der Waals surface area contributed by atoms with Gasteiger partial charge in [0, 0.05) is 16.1 Å². The molecule has 0 aliphatic rings. The molecular formula is C18H17ClN2. The van der Waals surface area contributed by atoms with Crippen LogP contribution in [0.15, 0.2) is 48.5 Å². The molecule has 0 bridgehead atoms. The first-order chi connectivity index (χ1) is 10.2. The molecule has 21 heavy (non-hydrogen) atoms. The van der Waals surface area contributed by atoms with Crippen molar-refractivity contribution in [2.75, 3.05) is 5.32 Å². The highest BCUT2D eigenvalue weighted by molar-refractivity contribution is 6.30. The van der Waals surface area contributed by atoms with Gasteiger partial charge in [0.25, 0.3) is 0 Å². The van der Waals surface area contributed by atoms with E-state index in [-0.39, 0.29) is 0 Å². The van der Waals surface area contributed by atoms with Crippen LogP contribution in [0, 0.1) is 6.92 Å². The van der Waals surface area contributed by atoms with Crippen molar-refractivity contribution in [2.45, 2.75) is 20.3 Å². The van der Waals surface area contributed by atoms with E-state index in [0.717, 1.165) is 34.0 Å². The lowest BCUT2D eigenvalue weighted by Gasteiger charge is -2.11. The Bertz CT molecular complexity index is 779. The summed E-state index contributed by atoms with van der Waals surface area (Å²) in [5, 5.41) is 5.26. The summed E-state index contributed by atoms with van der Waals surface area (Å²) in [7, 11) is 0. The summed E-state index contributed by atoms with van der Waals surface area (Å²) >= 11 is 5.91. The number of aryl methyl sites for hydroxylation is 2. The van der Waals surface area contributed by atoms with Crippen molar-refractivity contribution in [3.63, 3.8) is 0 Å². The number of pyridine rings is 1. The zero-order valence-electron chi connectivity index (χ0n) is 12.2. The van der Waals surface area contributed by atoms with E-state index < -0.39 is 0 Å². The Labute approximate surface area is 129 Å². The lowest BCUT2D eigenvalue weighted by molar-refractivity contribution is 1.14. The fraction of sp³-hybridized carbons (Fsp3) is 0.167. The Morgan fingerprint density at radius 1 is 1.05 bits per heavy atom. The molecule has 0 saturated heterocycles. The molecule has 0 fully saturated rings. The van der Waals surface area contributed by atoms with E-state index >= 15 is 0 Å². The summed E-state index contributed by atoms with van der Waals surface area (Å²) in [6, 6.07) is 16.3. The first-order valence-electron chi connectivity index (χ1n) is 7.08. The van der Waals surface area contributed by atoms with Crippen LogP contribution in [0.1, 0.15) is 18.1 Å². The average molecular weight is 297 g/mol. The fourth-order valence-corrected chi connectivity index (χ4v) is 2.46. The van der Waals surface area contributed by atoms with E-state index in [1.807, 2.05) is 24.3 Å². The van der Waals surface area contributed by atoms with Gasteiger partial charge in [0.1, 0.15) is 5.82 Å². The van der Waals surface area contributed by atoms with Crippen LogP contribution in [-0.4, -0.2) is 4.98 Å². The second kappa shape index (κ2) is 5.74. The Hall–Kier alpha value is -2.06. The Balaban J connectivity index is 2.01. The van der Waals surface area contributed by atoms with Gasteiger partial charge in [0.05, 0.1) is 5.52 Å². The smallest absolute Gasteiger partial charge is 0.134 e. The molecule has 3 aromatic rings. The average Bonchev–Trinajstić information content (AvgIpc) is 2.50. The number of hydrogen-bond donors (Lipinski definition) is 1. The van der Waals surface area contributed by atoms with Crippen molar-refractivity contribution in [3.05, 3.63) is 64.7 Å². The Morgan fingerprint density at radius 3 is 2.52 bits per heavy atom. The highest BCUT2D eigenvalue weighted by atomic mass is 35.5. The first-order valence-corrected chi connectivity index (χ1v) is 7.46. The van der Waals surface area contributed by atoms with Crippen molar-refractivity contribution in [1.29, 1.82) is 0 Å². The zero-order chi connectivity index (χ0) is 14.8. The molecule has 0 amide bonds. The van der Waals surface area contributed by atoms with Gasteiger partial charge in [-0.2, -0.15) is 0 Å². The van der Waals surface area contributed by atoms with Gasteiger partial charge in [0.2, 0.25) is 0 Å². The molecular weight excluding hydrogens is 280 g/mol. The molecule has 106 valence electrons. The molecule has 3 heteroatoms. The van der Waals surface area contributed by atoms with Crippen LogP contribution in [-0.2, 0) is 6.42 Å². The van der Waals surface area contributed by atoms with Crippen LogP contribution in [0.5, 0.6) is 0 Å². The van der Waals surface area contributed by atoms with E-state index in [9.17, 15) is 0 Å². The van der Waals surface area contributed by atoms with E-state index in [1.165, 1.54) is 10.9 Å². The third-order valence-corrected chi connectivity index (χ3v) is 3.84. The monoisotopic (exact) mass is 296 g/mol. The molecule has 0 spiro atoms. The van der Waals surface area contributed by atoms with Crippen LogP contribution < -0.4 is 5.32 Å². The number of halogens is 1. The second-order valence-corrected chi connectivity index (χ2v) is 5.60. The van der Waals surface area contributed by atoms with Gasteiger partial charge in [-0.15, -0.1) is 0 Å². The quantitative estimate of drug-likeness (QED) is 0.690. The maximum atomic E-state index is 5.91. The summed E-state index contributed by atoms with van der Waals surface area (Å²) in [5.41, 5.74) is 4.44. The van der Waals surface area contributed by atoms with Crippen LogP contribution in [0.2, 0.25) is 5.02 Å². The topological polar surface area (TPSA) is 24.9 Å². The number of hydrogen-bond acceptors (Lipinski definition) is 2.